The number of nitrogens with one attached hydrogen (secondary N) is 2. The van der Waals surface area contributed by atoms with Crippen molar-refractivity contribution in [2.24, 2.45) is 0 Å². The number of aromatic hydroxyl groups is 1. The van der Waals surface area contributed by atoms with E-state index >= 15 is 0 Å². The summed E-state index contributed by atoms with van der Waals surface area (Å²) in [5.41, 5.74) is 3.88. The second-order valence-electron chi connectivity index (χ2n) is 10.1. The molecular formula is C33H41N4O4. The van der Waals surface area contributed by atoms with Crippen molar-refractivity contribution in [1.29, 1.82) is 0 Å². The summed E-state index contributed by atoms with van der Waals surface area (Å²) in [7, 11) is 0. The number of ether oxygens (including phenoxy) is 1. The Labute approximate surface area is 243 Å². The van der Waals surface area contributed by atoms with E-state index in [1.165, 1.54) is 0 Å². The SMILES string of the molecule is O=C(CCOC(=O)N(c1ccccc1-c1ccccc1)N1CC[CH]CC1)NCCCCCNCc1ccc(O)cc1. The van der Waals surface area contributed by atoms with Crippen LogP contribution in [0.5, 0.6) is 5.75 Å². The first-order valence-electron chi connectivity index (χ1n) is 14.5. The van der Waals surface area contributed by atoms with E-state index in [0.717, 1.165) is 80.7 Å². The number of hydrazine groups is 1. The molecule has 0 aliphatic carbocycles. The summed E-state index contributed by atoms with van der Waals surface area (Å²) < 4.78 is 5.64. The van der Waals surface area contributed by atoms with Gasteiger partial charge in [-0.2, -0.15) is 0 Å². The van der Waals surface area contributed by atoms with Crippen molar-refractivity contribution in [2.45, 2.75) is 45.1 Å². The number of amides is 2. The lowest BCUT2D eigenvalue weighted by atomic mass is 10.0. The van der Waals surface area contributed by atoms with E-state index < -0.39 is 6.09 Å². The number of carbonyl (C=O) groups is 2. The van der Waals surface area contributed by atoms with E-state index in [1.807, 2.05) is 71.7 Å². The maximum atomic E-state index is 13.4. The molecule has 0 unspecified atom stereocenters. The van der Waals surface area contributed by atoms with E-state index in [9.17, 15) is 14.7 Å². The molecule has 0 bridgehead atoms. The lowest BCUT2D eigenvalue weighted by Gasteiger charge is -2.37. The number of piperidine rings is 1. The molecule has 1 saturated heterocycles. The van der Waals surface area contributed by atoms with Crippen molar-refractivity contribution >= 4 is 17.7 Å². The number of anilines is 1. The van der Waals surface area contributed by atoms with Gasteiger partial charge in [0.25, 0.3) is 0 Å². The van der Waals surface area contributed by atoms with Crippen molar-refractivity contribution in [3.63, 3.8) is 0 Å². The molecule has 1 radical (unpaired) electrons. The van der Waals surface area contributed by atoms with Gasteiger partial charge in [0, 0.05) is 31.7 Å². The number of nitrogens with zero attached hydrogens (tertiary/aromatic N) is 2. The third kappa shape index (κ3) is 9.62. The van der Waals surface area contributed by atoms with Gasteiger partial charge in [-0.1, -0.05) is 67.1 Å². The van der Waals surface area contributed by atoms with E-state index in [-0.39, 0.29) is 24.7 Å². The fraction of sp³-hybridized carbons (Fsp3) is 0.364. The summed E-state index contributed by atoms with van der Waals surface area (Å²) in [5.74, 6) is 0.156. The quantitative estimate of drug-likeness (QED) is 0.221. The topological polar surface area (TPSA) is 94.1 Å². The molecule has 1 aliphatic heterocycles. The van der Waals surface area contributed by atoms with Crippen LogP contribution in [0.3, 0.4) is 0 Å². The number of phenolic OH excluding ortho intramolecular Hbond substituents is 1. The lowest BCUT2D eigenvalue weighted by molar-refractivity contribution is -0.121. The molecule has 3 aromatic carbocycles. The van der Waals surface area contributed by atoms with E-state index in [4.69, 9.17) is 4.74 Å². The van der Waals surface area contributed by atoms with Crippen LogP contribution in [0, 0.1) is 6.42 Å². The van der Waals surface area contributed by atoms with Gasteiger partial charge in [-0.3, -0.25) is 4.79 Å². The first-order valence-corrected chi connectivity index (χ1v) is 14.5. The van der Waals surface area contributed by atoms with Crippen molar-refractivity contribution in [3.05, 3.63) is 90.8 Å². The predicted molar refractivity (Wildman–Crippen MR) is 162 cm³/mol. The molecule has 1 heterocycles. The summed E-state index contributed by atoms with van der Waals surface area (Å²) >= 11 is 0. The molecule has 0 spiro atoms. The Bertz CT molecular complexity index is 1210. The zero-order chi connectivity index (χ0) is 28.7. The van der Waals surface area contributed by atoms with Crippen LogP contribution in [-0.4, -0.2) is 54.9 Å². The second kappa shape index (κ2) is 16.4. The largest absolute Gasteiger partial charge is 0.508 e. The molecule has 41 heavy (non-hydrogen) atoms. The Hall–Kier alpha value is -3.88. The number of benzene rings is 3. The predicted octanol–water partition coefficient (Wildman–Crippen LogP) is 5.68. The fourth-order valence-electron chi connectivity index (χ4n) is 4.83. The van der Waals surface area contributed by atoms with Gasteiger partial charge in [-0.15, -0.1) is 0 Å². The maximum absolute atomic E-state index is 13.4. The molecule has 0 atom stereocenters. The van der Waals surface area contributed by atoms with Crippen molar-refractivity contribution < 1.29 is 19.4 Å². The molecule has 217 valence electrons. The molecule has 1 aliphatic rings. The Kier molecular flexibility index (Phi) is 12.0. The molecule has 1 fully saturated rings. The summed E-state index contributed by atoms with van der Waals surface area (Å²) in [6, 6.07) is 25.1. The number of hydrogen-bond donors (Lipinski definition) is 3. The highest BCUT2D eigenvalue weighted by atomic mass is 16.6. The van der Waals surface area contributed by atoms with Crippen LogP contribution in [0.2, 0.25) is 0 Å². The highest BCUT2D eigenvalue weighted by molar-refractivity contribution is 5.93. The Balaban J connectivity index is 1.19. The van der Waals surface area contributed by atoms with Crippen molar-refractivity contribution in [3.8, 4) is 16.9 Å². The van der Waals surface area contributed by atoms with Gasteiger partial charge in [0.2, 0.25) is 5.91 Å². The molecule has 8 heteroatoms. The number of phenols is 1. The molecular weight excluding hydrogens is 516 g/mol. The summed E-state index contributed by atoms with van der Waals surface area (Å²) in [6.07, 6.45) is 6.60. The molecule has 2 amide bonds. The van der Waals surface area contributed by atoms with Crippen LogP contribution in [0.15, 0.2) is 78.9 Å². The summed E-state index contributed by atoms with van der Waals surface area (Å²) in [4.78, 5) is 25.8. The normalized spacial score (nSPS) is 13.5. The van der Waals surface area contributed by atoms with Crippen LogP contribution in [0.4, 0.5) is 10.5 Å². The summed E-state index contributed by atoms with van der Waals surface area (Å²) in [6.45, 7) is 3.74. The number of hydrogen-bond acceptors (Lipinski definition) is 6. The minimum atomic E-state index is -0.470. The minimum Gasteiger partial charge on any atom is -0.508 e. The molecule has 0 aromatic heterocycles. The Morgan fingerprint density at radius 1 is 0.854 bits per heavy atom. The van der Waals surface area contributed by atoms with E-state index in [2.05, 4.69) is 17.1 Å². The third-order valence-electron chi connectivity index (χ3n) is 7.03. The van der Waals surface area contributed by atoms with E-state index in [1.54, 1.807) is 17.1 Å². The van der Waals surface area contributed by atoms with Gasteiger partial charge < -0.3 is 20.5 Å². The zero-order valence-corrected chi connectivity index (χ0v) is 23.6. The number of para-hydroxylation sites is 1. The first-order chi connectivity index (χ1) is 20.1. The molecule has 3 N–H and O–H groups in total. The van der Waals surface area contributed by atoms with Gasteiger partial charge in [-0.05, 0) is 68.0 Å². The average Bonchev–Trinajstić information content (AvgIpc) is 3.01. The Morgan fingerprint density at radius 3 is 2.34 bits per heavy atom. The first kappa shape index (κ1) is 30.1. The van der Waals surface area contributed by atoms with Gasteiger partial charge in [0.05, 0.1) is 12.1 Å². The van der Waals surface area contributed by atoms with Crippen molar-refractivity contribution in [2.75, 3.05) is 37.8 Å². The second-order valence-corrected chi connectivity index (χ2v) is 10.1. The zero-order valence-electron chi connectivity index (χ0n) is 23.6. The maximum Gasteiger partial charge on any atom is 0.429 e. The van der Waals surface area contributed by atoms with Gasteiger partial charge in [0.15, 0.2) is 0 Å². The van der Waals surface area contributed by atoms with Gasteiger partial charge in [0.1, 0.15) is 12.4 Å². The summed E-state index contributed by atoms with van der Waals surface area (Å²) in [5, 5.41) is 19.3. The van der Waals surface area contributed by atoms with Crippen LogP contribution in [0.25, 0.3) is 11.1 Å². The standard InChI is InChI=1S/C33H41N4O4/c38-29-18-16-27(17-19-29)26-34-21-8-2-9-22-35-32(39)20-25-41-33(40)37(36-23-10-3-11-24-36)31-15-7-6-14-30(31)28-12-4-1-5-13-28/h1,3-7,12-19,34,38H,2,8-11,20-26H2,(H,35,39). The number of rotatable bonds is 14. The lowest BCUT2D eigenvalue weighted by Crippen LogP contribution is -2.50. The third-order valence-corrected chi connectivity index (χ3v) is 7.03. The van der Waals surface area contributed by atoms with Crippen LogP contribution in [-0.2, 0) is 16.1 Å². The van der Waals surface area contributed by atoms with Gasteiger partial charge >= 0.3 is 6.09 Å². The molecule has 4 rings (SSSR count). The average molecular weight is 558 g/mol. The molecule has 8 nitrogen and oxygen atoms in total. The highest BCUT2D eigenvalue weighted by Gasteiger charge is 2.28. The van der Waals surface area contributed by atoms with Crippen LogP contribution >= 0.6 is 0 Å². The number of unbranched alkanes of at least 4 members (excludes halogenated alkanes) is 2. The number of carbonyl (C=O) groups excluding carboxylic acids is 2. The van der Waals surface area contributed by atoms with Gasteiger partial charge in [-0.25, -0.2) is 14.8 Å². The van der Waals surface area contributed by atoms with E-state index in [0.29, 0.717) is 6.54 Å². The van der Waals surface area contributed by atoms with Crippen LogP contribution < -0.4 is 15.6 Å². The Morgan fingerprint density at radius 2 is 1.56 bits per heavy atom. The molecule has 0 saturated carbocycles. The minimum absolute atomic E-state index is 0.0236. The van der Waals surface area contributed by atoms with Crippen LogP contribution in [0.1, 0.15) is 44.1 Å². The smallest absolute Gasteiger partial charge is 0.429 e. The highest BCUT2D eigenvalue weighted by Crippen LogP contribution is 2.33. The monoisotopic (exact) mass is 557 g/mol. The fourth-order valence-corrected chi connectivity index (χ4v) is 4.83. The molecule has 3 aromatic rings. The van der Waals surface area contributed by atoms with Crippen molar-refractivity contribution in [1.82, 2.24) is 15.6 Å².